The second kappa shape index (κ2) is 7.25. The van der Waals surface area contributed by atoms with Gasteiger partial charge in [-0.15, -0.1) is 0 Å². The first kappa shape index (κ1) is 19.0. The van der Waals surface area contributed by atoms with Crippen LogP contribution in [0.4, 0.5) is 0 Å². The topological polar surface area (TPSA) is 17.1 Å². The fourth-order valence-corrected chi connectivity index (χ4v) is 4.30. The van der Waals surface area contributed by atoms with Crippen LogP contribution in [-0.4, -0.2) is 5.78 Å². The zero-order chi connectivity index (χ0) is 18.1. The fraction of sp³-hybridized carbons (Fsp3) is 0.609. The van der Waals surface area contributed by atoms with Crippen LogP contribution in [0.25, 0.3) is 0 Å². The molecule has 0 aliphatic heterocycles. The van der Waals surface area contributed by atoms with Crippen LogP contribution in [0.5, 0.6) is 0 Å². The van der Waals surface area contributed by atoms with Gasteiger partial charge in [0, 0.05) is 5.92 Å². The second-order valence-corrected chi connectivity index (χ2v) is 8.43. The molecule has 2 atom stereocenters. The number of rotatable bonds is 4. The van der Waals surface area contributed by atoms with Crippen molar-refractivity contribution in [2.75, 3.05) is 0 Å². The largest absolute Gasteiger partial charge is 0.295 e. The number of carbonyl (C=O) groups excluding carboxylic acids is 1. The minimum absolute atomic E-state index is 0.242. The minimum atomic E-state index is 0.242. The molecular weight excluding hydrogens is 292 g/mol. The first-order chi connectivity index (χ1) is 11.2. The van der Waals surface area contributed by atoms with Crippen molar-refractivity contribution in [3.05, 3.63) is 46.1 Å². The molecule has 132 valence electrons. The number of hydrogen-bond donors (Lipinski definition) is 0. The molecule has 2 unspecified atom stereocenters. The molecular formula is C23H34O. The van der Waals surface area contributed by atoms with E-state index in [1.165, 1.54) is 16.7 Å². The van der Waals surface area contributed by atoms with Gasteiger partial charge in [0.2, 0.25) is 0 Å². The average molecular weight is 327 g/mol. The van der Waals surface area contributed by atoms with Crippen LogP contribution in [0.3, 0.4) is 0 Å². The Balaban J connectivity index is 2.26. The summed E-state index contributed by atoms with van der Waals surface area (Å²) in [5.41, 5.74) is 7.03. The van der Waals surface area contributed by atoms with Crippen molar-refractivity contribution in [1.29, 1.82) is 0 Å². The average Bonchev–Trinajstić information content (AvgIpc) is 2.63. The van der Waals surface area contributed by atoms with E-state index in [0.717, 1.165) is 31.3 Å². The number of ketones is 1. The molecule has 1 heteroatoms. The summed E-state index contributed by atoms with van der Waals surface area (Å²) in [6.07, 6.45) is 11.3. The van der Waals surface area contributed by atoms with Gasteiger partial charge in [-0.05, 0) is 68.9 Å². The van der Waals surface area contributed by atoms with E-state index in [1.807, 2.05) is 0 Å². The van der Waals surface area contributed by atoms with E-state index in [2.05, 4.69) is 59.8 Å². The van der Waals surface area contributed by atoms with Gasteiger partial charge in [0.15, 0.2) is 5.78 Å². The van der Waals surface area contributed by atoms with Crippen molar-refractivity contribution in [3.63, 3.8) is 0 Å². The Hall–Kier alpha value is -1.37. The van der Waals surface area contributed by atoms with E-state index in [9.17, 15) is 4.79 Å². The lowest BCUT2D eigenvalue weighted by atomic mass is 9.74. The van der Waals surface area contributed by atoms with Crippen molar-refractivity contribution >= 4 is 5.78 Å². The molecule has 2 aliphatic carbocycles. The fourth-order valence-electron chi connectivity index (χ4n) is 4.30. The molecule has 0 bridgehead atoms. The Kier molecular flexibility index (Phi) is 5.73. The predicted molar refractivity (Wildman–Crippen MR) is 104 cm³/mol. The van der Waals surface area contributed by atoms with E-state index in [4.69, 9.17) is 0 Å². The molecule has 0 saturated heterocycles. The van der Waals surface area contributed by atoms with Crippen molar-refractivity contribution in [2.24, 2.45) is 17.3 Å². The maximum atomic E-state index is 12.0. The van der Waals surface area contributed by atoms with E-state index in [0.29, 0.717) is 11.8 Å². The van der Waals surface area contributed by atoms with Gasteiger partial charge in [-0.3, -0.25) is 4.79 Å². The van der Waals surface area contributed by atoms with E-state index in [-0.39, 0.29) is 11.2 Å². The van der Waals surface area contributed by atoms with Gasteiger partial charge in [-0.25, -0.2) is 0 Å². The van der Waals surface area contributed by atoms with Crippen LogP contribution in [-0.2, 0) is 4.79 Å². The summed E-state index contributed by atoms with van der Waals surface area (Å²) in [5.74, 6) is 1.26. The highest BCUT2D eigenvalue weighted by atomic mass is 16.1. The number of hydrogen-bond acceptors (Lipinski definition) is 1. The van der Waals surface area contributed by atoms with E-state index in [1.54, 1.807) is 12.5 Å². The van der Waals surface area contributed by atoms with Crippen molar-refractivity contribution < 1.29 is 4.79 Å². The summed E-state index contributed by atoms with van der Waals surface area (Å²) >= 11 is 0. The molecule has 0 aromatic heterocycles. The lowest BCUT2D eigenvalue weighted by molar-refractivity contribution is -0.113. The molecule has 0 amide bonds. The number of carbonyl (C=O) groups is 1. The quantitative estimate of drug-likeness (QED) is 0.533. The minimum Gasteiger partial charge on any atom is -0.295 e. The van der Waals surface area contributed by atoms with Crippen LogP contribution < -0.4 is 0 Å². The molecule has 0 spiro atoms. The Morgan fingerprint density at radius 3 is 2.42 bits per heavy atom. The van der Waals surface area contributed by atoms with Crippen molar-refractivity contribution in [3.8, 4) is 0 Å². The predicted octanol–water partition coefficient (Wildman–Crippen LogP) is 6.58. The number of allylic oxidation sites excluding steroid dienone is 8. The van der Waals surface area contributed by atoms with Gasteiger partial charge < -0.3 is 0 Å². The van der Waals surface area contributed by atoms with E-state index >= 15 is 0 Å². The Labute approximate surface area is 148 Å². The van der Waals surface area contributed by atoms with Gasteiger partial charge in [-0.2, -0.15) is 0 Å². The van der Waals surface area contributed by atoms with E-state index < -0.39 is 0 Å². The Morgan fingerprint density at radius 1 is 1.25 bits per heavy atom. The molecule has 0 saturated carbocycles. The third-order valence-corrected chi connectivity index (χ3v) is 6.18. The zero-order valence-corrected chi connectivity index (χ0v) is 16.6. The highest BCUT2D eigenvalue weighted by Gasteiger charge is 2.28. The Morgan fingerprint density at radius 2 is 1.92 bits per heavy atom. The summed E-state index contributed by atoms with van der Waals surface area (Å²) in [6, 6.07) is 0. The third-order valence-electron chi connectivity index (χ3n) is 6.18. The lowest BCUT2D eigenvalue weighted by Gasteiger charge is -2.31. The van der Waals surface area contributed by atoms with Crippen molar-refractivity contribution in [2.45, 2.75) is 74.1 Å². The molecule has 0 aromatic carbocycles. The van der Waals surface area contributed by atoms with Crippen LogP contribution >= 0.6 is 0 Å². The molecule has 0 heterocycles. The molecule has 0 aromatic rings. The second-order valence-electron chi connectivity index (χ2n) is 8.43. The van der Waals surface area contributed by atoms with Gasteiger partial charge >= 0.3 is 0 Å². The molecule has 0 N–H and O–H groups in total. The summed E-state index contributed by atoms with van der Waals surface area (Å²) in [6.45, 7) is 15.3. The van der Waals surface area contributed by atoms with Gasteiger partial charge in [0.1, 0.15) is 0 Å². The third kappa shape index (κ3) is 3.82. The first-order valence-corrected chi connectivity index (χ1v) is 9.45. The molecule has 2 rings (SSSR count). The standard InChI is InChI=1S/C23H34O/c1-8-23(6,7)20-11-9-19(10-12-20)22-16(3)13-15(2)21(18(5)24)14-17(22)4/h9,11-12,16,19H,8,10,13-14H2,1-7H3. The smallest absolute Gasteiger partial charge is 0.156 e. The molecule has 2 aliphatic rings. The lowest BCUT2D eigenvalue weighted by Crippen LogP contribution is -2.17. The van der Waals surface area contributed by atoms with Crippen LogP contribution in [0, 0.1) is 17.3 Å². The highest BCUT2D eigenvalue weighted by molar-refractivity contribution is 5.94. The first-order valence-electron chi connectivity index (χ1n) is 9.45. The Bertz CT molecular complexity index is 637. The summed E-state index contributed by atoms with van der Waals surface area (Å²) < 4.78 is 0. The van der Waals surface area contributed by atoms with Crippen LogP contribution in [0.15, 0.2) is 46.1 Å². The molecule has 0 radical (unpaired) electrons. The maximum absolute atomic E-state index is 12.0. The zero-order valence-electron chi connectivity index (χ0n) is 16.6. The van der Waals surface area contributed by atoms with Gasteiger partial charge in [0.05, 0.1) is 0 Å². The van der Waals surface area contributed by atoms with Crippen LogP contribution in [0.1, 0.15) is 74.1 Å². The normalized spacial score (nSPS) is 25.7. The summed E-state index contributed by atoms with van der Waals surface area (Å²) in [7, 11) is 0. The summed E-state index contributed by atoms with van der Waals surface area (Å²) in [4.78, 5) is 12.0. The maximum Gasteiger partial charge on any atom is 0.156 e. The van der Waals surface area contributed by atoms with Gasteiger partial charge in [-0.1, -0.05) is 62.6 Å². The van der Waals surface area contributed by atoms with Gasteiger partial charge in [0.25, 0.3) is 0 Å². The highest BCUT2D eigenvalue weighted by Crippen LogP contribution is 2.41. The number of Topliss-reactive ketones (excluding diaryl/α,β-unsaturated/α-hetero) is 1. The van der Waals surface area contributed by atoms with Crippen LogP contribution in [0.2, 0.25) is 0 Å². The summed E-state index contributed by atoms with van der Waals surface area (Å²) in [5, 5.41) is 0. The molecule has 0 fully saturated rings. The molecule has 24 heavy (non-hydrogen) atoms. The van der Waals surface area contributed by atoms with Crippen molar-refractivity contribution in [1.82, 2.24) is 0 Å². The SMILES string of the molecule is CCC(C)(C)C1=CCC(C2=C(C)CC(C(C)=O)=C(C)CC2C)C=C1. The molecule has 1 nitrogen and oxygen atoms in total. The monoisotopic (exact) mass is 326 g/mol.